The van der Waals surface area contributed by atoms with Crippen molar-refractivity contribution < 1.29 is 0 Å². The predicted molar refractivity (Wildman–Crippen MR) is 216 cm³/mol. The summed E-state index contributed by atoms with van der Waals surface area (Å²) in [5, 5.41) is 5.24. The number of hydrogen-bond donors (Lipinski definition) is 0. The van der Waals surface area contributed by atoms with E-state index in [4.69, 9.17) is 0 Å². The highest BCUT2D eigenvalue weighted by molar-refractivity contribution is 6.22. The van der Waals surface area contributed by atoms with Crippen LogP contribution in [0.5, 0.6) is 0 Å². The molecule has 238 valence electrons. The SMILES string of the molecule is C1=Cc2c(ccc3c4ccccc4n(-c4ccc(-c5cc(-c6ccccc6)c6c(c5-c5ccccc5)-c5cccc7cccc-6c57)cc4)c23)CC1. The number of allylic oxidation sites excluding steroid dienone is 1. The van der Waals surface area contributed by atoms with Gasteiger partial charge < -0.3 is 4.57 Å². The molecule has 0 saturated carbocycles. The van der Waals surface area contributed by atoms with E-state index < -0.39 is 0 Å². The van der Waals surface area contributed by atoms with Gasteiger partial charge in [0.25, 0.3) is 0 Å². The van der Waals surface area contributed by atoms with Gasteiger partial charge in [0, 0.05) is 22.0 Å². The van der Waals surface area contributed by atoms with Gasteiger partial charge in [-0.3, -0.25) is 0 Å². The molecule has 11 rings (SSSR count). The summed E-state index contributed by atoms with van der Waals surface area (Å²) in [6.45, 7) is 0. The maximum atomic E-state index is 2.48. The van der Waals surface area contributed by atoms with Crippen molar-refractivity contribution in [2.45, 2.75) is 12.8 Å². The maximum Gasteiger partial charge on any atom is 0.0616 e. The lowest BCUT2D eigenvalue weighted by Crippen LogP contribution is -2.00. The Hall–Kier alpha value is -6.44. The predicted octanol–water partition coefficient (Wildman–Crippen LogP) is 13.5. The second kappa shape index (κ2) is 11.0. The lowest BCUT2D eigenvalue weighted by molar-refractivity contribution is 0.986. The third-order valence-corrected chi connectivity index (χ3v) is 11.2. The molecule has 0 atom stereocenters. The molecule has 0 saturated heterocycles. The van der Waals surface area contributed by atoms with E-state index in [2.05, 4.69) is 181 Å². The standard InChI is InChI=1S/C50H33N/c1-3-13-32(14-4-1)44-31-43(47(36-16-5-2-6-17-36)49-42-23-12-19-35-18-11-22-41(46(35)42)48(44)49)34-25-28-37(29-26-34)51-45-24-10-9-21-39(45)40-30-27-33-15-7-8-20-38(33)50(40)51/h1-6,8-14,16-31H,7,15H2. The van der Waals surface area contributed by atoms with E-state index in [1.807, 2.05) is 0 Å². The normalized spacial score (nSPS) is 12.9. The van der Waals surface area contributed by atoms with Crippen molar-refractivity contribution in [2.24, 2.45) is 0 Å². The van der Waals surface area contributed by atoms with Crippen LogP contribution in [-0.2, 0) is 6.42 Å². The van der Waals surface area contributed by atoms with Crippen molar-refractivity contribution in [3.8, 4) is 61.3 Å². The van der Waals surface area contributed by atoms with Crippen molar-refractivity contribution in [3.63, 3.8) is 0 Å². The van der Waals surface area contributed by atoms with Crippen molar-refractivity contribution in [3.05, 3.63) is 181 Å². The molecular formula is C50H33N. The molecule has 51 heavy (non-hydrogen) atoms. The molecule has 1 heterocycles. The highest BCUT2D eigenvalue weighted by atomic mass is 15.0. The lowest BCUT2D eigenvalue weighted by atomic mass is 9.82. The summed E-state index contributed by atoms with van der Waals surface area (Å²) in [5.74, 6) is 0. The molecule has 8 aromatic carbocycles. The van der Waals surface area contributed by atoms with Crippen molar-refractivity contribution in [2.75, 3.05) is 0 Å². The lowest BCUT2D eigenvalue weighted by Gasteiger charge is -2.21. The largest absolute Gasteiger partial charge is 0.309 e. The van der Waals surface area contributed by atoms with E-state index >= 15 is 0 Å². The monoisotopic (exact) mass is 647 g/mol. The van der Waals surface area contributed by atoms with Crippen LogP contribution in [0.4, 0.5) is 0 Å². The third-order valence-electron chi connectivity index (χ3n) is 11.2. The summed E-state index contributed by atoms with van der Waals surface area (Å²) in [4.78, 5) is 0. The molecule has 1 aromatic heterocycles. The number of benzene rings is 8. The number of rotatable bonds is 4. The fraction of sp³-hybridized carbons (Fsp3) is 0.0400. The van der Waals surface area contributed by atoms with E-state index in [0.717, 1.165) is 12.8 Å². The Morgan fingerprint density at radius 3 is 1.90 bits per heavy atom. The van der Waals surface area contributed by atoms with Gasteiger partial charge in [0.1, 0.15) is 0 Å². The molecule has 2 aliphatic rings. The zero-order valence-corrected chi connectivity index (χ0v) is 28.1. The van der Waals surface area contributed by atoms with Gasteiger partial charge in [0.15, 0.2) is 0 Å². The Bertz CT molecular complexity index is 2870. The molecule has 0 aliphatic heterocycles. The van der Waals surface area contributed by atoms with Gasteiger partial charge in [-0.25, -0.2) is 0 Å². The van der Waals surface area contributed by atoms with Gasteiger partial charge in [-0.2, -0.15) is 0 Å². The molecule has 0 amide bonds. The summed E-state index contributed by atoms with van der Waals surface area (Å²) >= 11 is 0. The molecule has 0 unspecified atom stereocenters. The number of para-hydroxylation sites is 1. The molecule has 0 spiro atoms. The first kappa shape index (κ1) is 28.4. The number of aryl methyl sites for hydroxylation is 1. The zero-order valence-electron chi connectivity index (χ0n) is 28.1. The third kappa shape index (κ3) is 4.16. The minimum atomic E-state index is 1.09. The fourth-order valence-corrected chi connectivity index (χ4v) is 8.99. The Morgan fingerprint density at radius 2 is 1.12 bits per heavy atom. The van der Waals surface area contributed by atoms with Crippen molar-refractivity contribution in [1.29, 1.82) is 0 Å². The van der Waals surface area contributed by atoms with Crippen LogP contribution in [0.15, 0.2) is 170 Å². The molecule has 0 bridgehead atoms. The van der Waals surface area contributed by atoms with Gasteiger partial charge in [0.05, 0.1) is 11.0 Å². The van der Waals surface area contributed by atoms with Crippen LogP contribution in [0.3, 0.4) is 0 Å². The quantitative estimate of drug-likeness (QED) is 0.179. The van der Waals surface area contributed by atoms with E-state index in [-0.39, 0.29) is 0 Å². The van der Waals surface area contributed by atoms with Crippen LogP contribution >= 0.6 is 0 Å². The van der Waals surface area contributed by atoms with Crippen LogP contribution < -0.4 is 0 Å². The van der Waals surface area contributed by atoms with Gasteiger partial charge in [-0.15, -0.1) is 0 Å². The Morgan fingerprint density at radius 1 is 0.451 bits per heavy atom. The Labute approximate surface area is 297 Å². The second-order valence-electron chi connectivity index (χ2n) is 13.9. The molecule has 9 aromatic rings. The number of hydrogen-bond acceptors (Lipinski definition) is 0. The Balaban J connectivity index is 1.19. The first-order valence-corrected chi connectivity index (χ1v) is 18.0. The van der Waals surface area contributed by atoms with Crippen LogP contribution in [0, 0.1) is 0 Å². The molecule has 2 aliphatic carbocycles. The fourth-order valence-electron chi connectivity index (χ4n) is 8.99. The summed E-state index contributed by atoms with van der Waals surface area (Å²) in [6, 6.07) is 60.8. The average Bonchev–Trinajstić information content (AvgIpc) is 3.73. The first-order chi connectivity index (χ1) is 25.3. The van der Waals surface area contributed by atoms with Crippen molar-refractivity contribution >= 4 is 38.7 Å². The van der Waals surface area contributed by atoms with Crippen LogP contribution in [0.25, 0.3) is 100.0 Å². The number of aromatic nitrogens is 1. The molecule has 1 nitrogen and oxygen atoms in total. The van der Waals surface area contributed by atoms with Crippen molar-refractivity contribution in [1.82, 2.24) is 4.57 Å². The summed E-state index contributed by atoms with van der Waals surface area (Å²) in [6.07, 6.45) is 6.85. The summed E-state index contributed by atoms with van der Waals surface area (Å²) < 4.78 is 2.48. The van der Waals surface area contributed by atoms with Crippen LogP contribution in [0.2, 0.25) is 0 Å². The van der Waals surface area contributed by atoms with Crippen LogP contribution in [0.1, 0.15) is 17.5 Å². The molecule has 0 radical (unpaired) electrons. The van der Waals surface area contributed by atoms with Gasteiger partial charge >= 0.3 is 0 Å². The van der Waals surface area contributed by atoms with Gasteiger partial charge in [-0.1, -0.05) is 152 Å². The minimum absolute atomic E-state index is 1.09. The first-order valence-electron chi connectivity index (χ1n) is 18.0. The van der Waals surface area contributed by atoms with Gasteiger partial charge in [0.2, 0.25) is 0 Å². The van der Waals surface area contributed by atoms with E-state index in [1.165, 1.54) is 105 Å². The Kier molecular flexibility index (Phi) is 6.15. The topological polar surface area (TPSA) is 4.93 Å². The summed E-state index contributed by atoms with van der Waals surface area (Å²) in [7, 11) is 0. The maximum absolute atomic E-state index is 2.48. The number of fused-ring (bicyclic) bond motifs is 8. The van der Waals surface area contributed by atoms with E-state index in [0.29, 0.717) is 0 Å². The molecule has 0 N–H and O–H groups in total. The van der Waals surface area contributed by atoms with E-state index in [9.17, 15) is 0 Å². The minimum Gasteiger partial charge on any atom is -0.309 e. The smallest absolute Gasteiger partial charge is 0.0616 e. The summed E-state index contributed by atoms with van der Waals surface area (Å²) in [5.41, 5.74) is 19.3. The second-order valence-corrected chi connectivity index (χ2v) is 13.9. The van der Waals surface area contributed by atoms with Crippen LogP contribution in [-0.4, -0.2) is 4.57 Å². The molecular weight excluding hydrogens is 615 g/mol. The zero-order chi connectivity index (χ0) is 33.5. The highest BCUT2D eigenvalue weighted by Gasteiger charge is 2.30. The number of nitrogens with zero attached hydrogens (tertiary/aromatic N) is 1. The van der Waals surface area contributed by atoms with E-state index in [1.54, 1.807) is 0 Å². The van der Waals surface area contributed by atoms with Gasteiger partial charge in [-0.05, 0) is 109 Å². The molecule has 0 fully saturated rings. The molecule has 1 heteroatoms. The highest BCUT2D eigenvalue weighted by Crippen LogP contribution is 2.57. The average molecular weight is 648 g/mol.